The van der Waals surface area contributed by atoms with Crippen molar-refractivity contribution in [2.24, 2.45) is 5.92 Å². The normalized spacial score (nSPS) is 13.8. The van der Waals surface area contributed by atoms with Crippen molar-refractivity contribution in [2.75, 3.05) is 12.4 Å². The highest BCUT2D eigenvalue weighted by Gasteiger charge is 2.14. The van der Waals surface area contributed by atoms with Gasteiger partial charge >= 0.3 is 0 Å². The van der Waals surface area contributed by atoms with Gasteiger partial charge in [-0.25, -0.2) is 0 Å². The van der Waals surface area contributed by atoms with Gasteiger partial charge in [-0.3, -0.25) is 9.78 Å². The van der Waals surface area contributed by atoms with E-state index in [1.54, 1.807) is 25.5 Å². The first-order valence-electron chi connectivity index (χ1n) is 6.51. The number of carbonyl (C=O) groups is 1. The second-order valence-corrected chi connectivity index (χ2v) is 4.79. The fraction of sp³-hybridized carbons (Fsp3) is 0.571. The summed E-state index contributed by atoms with van der Waals surface area (Å²) in [6.45, 7) is 6.42. The molecule has 1 rings (SSSR count). The fourth-order valence-electron chi connectivity index (χ4n) is 1.92. The van der Waals surface area contributed by atoms with Gasteiger partial charge < -0.3 is 10.6 Å². The Morgan fingerprint density at radius 3 is 2.78 bits per heavy atom. The molecule has 0 aromatic carbocycles. The Labute approximate surface area is 109 Å². The predicted molar refractivity (Wildman–Crippen MR) is 74.8 cm³/mol. The molecule has 2 atom stereocenters. The van der Waals surface area contributed by atoms with E-state index in [4.69, 9.17) is 0 Å². The Kier molecular flexibility index (Phi) is 5.62. The SMILES string of the molecule is CCC(C)CC(C)NC(=O)c1ccncc1NC. The van der Waals surface area contributed by atoms with E-state index in [0.717, 1.165) is 18.5 Å². The topological polar surface area (TPSA) is 54.0 Å². The zero-order valence-corrected chi connectivity index (χ0v) is 11.7. The minimum Gasteiger partial charge on any atom is -0.386 e. The standard InChI is InChI=1S/C14H23N3O/c1-5-10(2)8-11(3)17-14(18)12-6-7-16-9-13(12)15-4/h6-7,9-11,15H,5,8H2,1-4H3,(H,17,18). The van der Waals surface area contributed by atoms with Crippen molar-refractivity contribution in [1.29, 1.82) is 0 Å². The molecule has 1 aromatic rings. The van der Waals surface area contributed by atoms with Crippen molar-refractivity contribution in [3.05, 3.63) is 24.0 Å². The van der Waals surface area contributed by atoms with Crippen LogP contribution in [-0.2, 0) is 0 Å². The summed E-state index contributed by atoms with van der Waals surface area (Å²) in [6, 6.07) is 1.92. The second-order valence-electron chi connectivity index (χ2n) is 4.79. The van der Waals surface area contributed by atoms with E-state index in [1.807, 2.05) is 6.92 Å². The van der Waals surface area contributed by atoms with Crippen LogP contribution in [-0.4, -0.2) is 24.0 Å². The van der Waals surface area contributed by atoms with E-state index in [1.165, 1.54) is 0 Å². The fourth-order valence-corrected chi connectivity index (χ4v) is 1.92. The first-order valence-corrected chi connectivity index (χ1v) is 6.51. The summed E-state index contributed by atoms with van der Waals surface area (Å²) in [7, 11) is 1.79. The van der Waals surface area contributed by atoms with Gasteiger partial charge in [0.15, 0.2) is 0 Å². The van der Waals surface area contributed by atoms with Crippen molar-refractivity contribution in [3.8, 4) is 0 Å². The van der Waals surface area contributed by atoms with E-state index in [9.17, 15) is 4.79 Å². The van der Waals surface area contributed by atoms with Crippen molar-refractivity contribution in [1.82, 2.24) is 10.3 Å². The largest absolute Gasteiger partial charge is 0.386 e. The van der Waals surface area contributed by atoms with Crippen molar-refractivity contribution in [2.45, 2.75) is 39.7 Å². The van der Waals surface area contributed by atoms with Crippen LogP contribution in [0.4, 0.5) is 5.69 Å². The number of nitrogens with one attached hydrogen (secondary N) is 2. The van der Waals surface area contributed by atoms with Crippen LogP contribution in [0.5, 0.6) is 0 Å². The van der Waals surface area contributed by atoms with Gasteiger partial charge in [-0.05, 0) is 25.3 Å². The third kappa shape index (κ3) is 4.02. The molecule has 0 saturated heterocycles. The summed E-state index contributed by atoms with van der Waals surface area (Å²) in [6.07, 6.45) is 5.43. The van der Waals surface area contributed by atoms with Crippen molar-refractivity contribution in [3.63, 3.8) is 0 Å². The zero-order valence-electron chi connectivity index (χ0n) is 11.7. The molecule has 0 saturated carbocycles. The number of hydrogen-bond acceptors (Lipinski definition) is 3. The smallest absolute Gasteiger partial charge is 0.253 e. The molecule has 0 radical (unpaired) electrons. The van der Waals surface area contributed by atoms with Crippen LogP contribution in [0.3, 0.4) is 0 Å². The Morgan fingerprint density at radius 1 is 1.44 bits per heavy atom. The Hall–Kier alpha value is -1.58. The number of pyridine rings is 1. The Bertz CT molecular complexity index is 392. The molecule has 1 amide bonds. The average Bonchev–Trinajstić information content (AvgIpc) is 2.38. The summed E-state index contributed by atoms with van der Waals surface area (Å²) < 4.78 is 0. The highest BCUT2D eigenvalue weighted by molar-refractivity contribution is 5.99. The van der Waals surface area contributed by atoms with Crippen molar-refractivity contribution >= 4 is 11.6 Å². The molecule has 0 fully saturated rings. The highest BCUT2D eigenvalue weighted by atomic mass is 16.1. The number of hydrogen-bond donors (Lipinski definition) is 2. The van der Waals surface area contributed by atoms with Gasteiger partial charge in [-0.2, -0.15) is 0 Å². The summed E-state index contributed by atoms with van der Waals surface area (Å²) in [5.41, 5.74) is 1.40. The van der Waals surface area contributed by atoms with Gasteiger partial charge in [0.2, 0.25) is 0 Å². The van der Waals surface area contributed by atoms with Gasteiger partial charge in [0.05, 0.1) is 17.4 Å². The molecular formula is C14H23N3O. The van der Waals surface area contributed by atoms with Crippen molar-refractivity contribution < 1.29 is 4.79 Å². The average molecular weight is 249 g/mol. The molecule has 0 aliphatic carbocycles. The van der Waals surface area contributed by atoms with Gasteiger partial charge in [0.1, 0.15) is 0 Å². The molecular weight excluding hydrogens is 226 g/mol. The van der Waals surface area contributed by atoms with Crippen LogP contribution < -0.4 is 10.6 Å². The molecule has 0 bridgehead atoms. The molecule has 1 heterocycles. The number of anilines is 1. The highest BCUT2D eigenvalue weighted by Crippen LogP contribution is 2.14. The monoisotopic (exact) mass is 249 g/mol. The lowest BCUT2D eigenvalue weighted by atomic mass is 10.00. The number of carbonyl (C=O) groups excluding carboxylic acids is 1. The Balaban J connectivity index is 2.64. The van der Waals surface area contributed by atoms with Crippen LogP contribution in [0.1, 0.15) is 44.0 Å². The minimum atomic E-state index is -0.0439. The van der Waals surface area contributed by atoms with Crippen LogP contribution in [0.25, 0.3) is 0 Å². The van der Waals surface area contributed by atoms with Gasteiger partial charge in [-0.1, -0.05) is 20.3 Å². The maximum absolute atomic E-state index is 12.1. The molecule has 4 nitrogen and oxygen atoms in total. The zero-order chi connectivity index (χ0) is 13.5. The van der Waals surface area contributed by atoms with Crippen LogP contribution in [0.2, 0.25) is 0 Å². The predicted octanol–water partition coefficient (Wildman–Crippen LogP) is 2.68. The lowest BCUT2D eigenvalue weighted by Gasteiger charge is -2.18. The molecule has 2 unspecified atom stereocenters. The summed E-state index contributed by atoms with van der Waals surface area (Å²) >= 11 is 0. The van der Waals surface area contributed by atoms with Crippen LogP contribution in [0, 0.1) is 5.92 Å². The van der Waals surface area contributed by atoms with E-state index >= 15 is 0 Å². The number of amides is 1. The third-order valence-corrected chi connectivity index (χ3v) is 3.17. The summed E-state index contributed by atoms with van der Waals surface area (Å²) in [5.74, 6) is 0.582. The molecule has 1 aromatic heterocycles. The summed E-state index contributed by atoms with van der Waals surface area (Å²) in [4.78, 5) is 16.1. The summed E-state index contributed by atoms with van der Waals surface area (Å²) in [5, 5.41) is 6.01. The molecule has 100 valence electrons. The molecule has 0 spiro atoms. The van der Waals surface area contributed by atoms with Crippen LogP contribution in [0.15, 0.2) is 18.5 Å². The third-order valence-electron chi connectivity index (χ3n) is 3.17. The molecule has 4 heteroatoms. The van der Waals surface area contributed by atoms with Gasteiger partial charge in [0.25, 0.3) is 5.91 Å². The minimum absolute atomic E-state index is 0.0439. The molecule has 0 aliphatic rings. The number of aromatic nitrogens is 1. The molecule has 18 heavy (non-hydrogen) atoms. The number of nitrogens with zero attached hydrogens (tertiary/aromatic N) is 1. The molecule has 0 aliphatic heterocycles. The van der Waals surface area contributed by atoms with E-state index in [2.05, 4.69) is 29.5 Å². The quantitative estimate of drug-likeness (QED) is 0.815. The lowest BCUT2D eigenvalue weighted by Crippen LogP contribution is -2.34. The number of rotatable bonds is 6. The van der Waals surface area contributed by atoms with Gasteiger partial charge in [-0.15, -0.1) is 0 Å². The Morgan fingerprint density at radius 2 is 2.17 bits per heavy atom. The molecule has 2 N–H and O–H groups in total. The van der Waals surface area contributed by atoms with E-state index < -0.39 is 0 Å². The first-order chi connectivity index (χ1) is 8.58. The van der Waals surface area contributed by atoms with Crippen LogP contribution >= 0.6 is 0 Å². The van der Waals surface area contributed by atoms with Gasteiger partial charge in [0, 0.05) is 19.3 Å². The maximum Gasteiger partial charge on any atom is 0.253 e. The van der Waals surface area contributed by atoms with E-state index in [0.29, 0.717) is 11.5 Å². The maximum atomic E-state index is 12.1. The first kappa shape index (κ1) is 14.5. The lowest BCUT2D eigenvalue weighted by molar-refractivity contribution is 0.0936. The van der Waals surface area contributed by atoms with E-state index in [-0.39, 0.29) is 11.9 Å². The second kappa shape index (κ2) is 6.99.